The number of nitrogens with zero attached hydrogens (tertiary/aromatic N) is 4. The fourth-order valence-corrected chi connectivity index (χ4v) is 2.28. The van der Waals surface area contributed by atoms with Crippen LogP contribution >= 0.6 is 0 Å². The Morgan fingerprint density at radius 3 is 2.71 bits per heavy atom. The van der Waals surface area contributed by atoms with E-state index in [1.54, 1.807) is 36.7 Å². The van der Waals surface area contributed by atoms with Crippen LogP contribution in [0.2, 0.25) is 0 Å². The zero-order valence-corrected chi connectivity index (χ0v) is 14.4. The summed E-state index contributed by atoms with van der Waals surface area (Å²) in [5.41, 5.74) is 2.12. The summed E-state index contributed by atoms with van der Waals surface area (Å²) in [6.07, 6.45) is 9.28. The summed E-state index contributed by atoms with van der Waals surface area (Å²) in [7, 11) is 0. The Morgan fingerprint density at radius 2 is 2.08 bits per heavy atom. The third kappa shape index (κ3) is 3.95. The number of ether oxygens (including phenoxy) is 1. The highest BCUT2D eigenvalue weighted by atomic mass is 16.5. The molecule has 6 nitrogen and oxygen atoms in total. The van der Waals surface area contributed by atoms with Crippen molar-refractivity contribution in [1.29, 1.82) is 0 Å². The summed E-state index contributed by atoms with van der Waals surface area (Å²) < 4.78 is 6.77. The van der Waals surface area contributed by atoms with Crippen LogP contribution in [0, 0.1) is 0 Å². The summed E-state index contributed by atoms with van der Waals surface area (Å²) in [6.45, 7) is 7.79. The summed E-state index contributed by atoms with van der Waals surface area (Å²) in [5.74, 6) is -0.228. The van der Waals surface area contributed by atoms with Crippen molar-refractivity contribution in [3.05, 3.63) is 48.3 Å². The standard InChI is InChI=1S/C18H22N4O2/c1-5-8-14(9-6-2)20-16-12-15(13(4)18(23)24-7-3)22-17(21-16)10-11-19-22/h5-6,8-13H,7H2,1-4H3/b8-5-,9-6+,20-14?. The fraction of sp³-hybridized carbons (Fsp3) is 0.333. The number of aromatic nitrogens is 3. The zero-order chi connectivity index (χ0) is 17.5. The number of carbonyl (C=O) groups excluding carboxylic acids is 1. The average Bonchev–Trinajstić information content (AvgIpc) is 3.02. The summed E-state index contributed by atoms with van der Waals surface area (Å²) in [6, 6.07) is 3.56. The highest BCUT2D eigenvalue weighted by Gasteiger charge is 2.21. The largest absolute Gasteiger partial charge is 0.465 e. The Morgan fingerprint density at radius 1 is 1.38 bits per heavy atom. The van der Waals surface area contributed by atoms with Crippen LogP contribution < -0.4 is 0 Å². The molecular weight excluding hydrogens is 304 g/mol. The number of rotatable bonds is 6. The van der Waals surface area contributed by atoms with Crippen molar-refractivity contribution in [2.45, 2.75) is 33.6 Å². The van der Waals surface area contributed by atoms with E-state index < -0.39 is 5.92 Å². The van der Waals surface area contributed by atoms with Crippen LogP contribution in [0.25, 0.3) is 5.65 Å². The third-order valence-electron chi connectivity index (χ3n) is 3.38. The van der Waals surface area contributed by atoms with Crippen LogP contribution in [0.5, 0.6) is 0 Å². The smallest absolute Gasteiger partial charge is 0.314 e. The van der Waals surface area contributed by atoms with E-state index in [4.69, 9.17) is 4.74 Å². The van der Waals surface area contributed by atoms with E-state index in [2.05, 4.69) is 15.1 Å². The van der Waals surface area contributed by atoms with Gasteiger partial charge < -0.3 is 4.74 Å². The van der Waals surface area contributed by atoms with Gasteiger partial charge in [-0.3, -0.25) is 4.79 Å². The van der Waals surface area contributed by atoms with Gasteiger partial charge >= 0.3 is 5.97 Å². The molecule has 0 fully saturated rings. The molecule has 0 amide bonds. The maximum Gasteiger partial charge on any atom is 0.314 e. The molecule has 0 aromatic carbocycles. The molecule has 0 bridgehead atoms. The molecule has 0 spiro atoms. The second kappa shape index (κ2) is 8.19. The molecule has 126 valence electrons. The minimum atomic E-state index is -0.462. The SMILES string of the molecule is C/C=C\C(/C=C/C)=Nc1cc(C(C)C(=O)OCC)n2nccc2n1. The maximum absolute atomic E-state index is 12.1. The number of hydrogen-bond acceptors (Lipinski definition) is 5. The lowest BCUT2D eigenvalue weighted by molar-refractivity contribution is -0.144. The zero-order valence-electron chi connectivity index (χ0n) is 14.4. The minimum Gasteiger partial charge on any atom is -0.465 e. The number of esters is 1. The first-order valence-electron chi connectivity index (χ1n) is 7.96. The van der Waals surface area contributed by atoms with Crippen molar-refractivity contribution in [1.82, 2.24) is 14.6 Å². The number of fused-ring (bicyclic) bond motifs is 1. The Balaban J connectivity index is 2.54. The second-order valence-electron chi connectivity index (χ2n) is 5.15. The maximum atomic E-state index is 12.1. The molecule has 0 N–H and O–H groups in total. The molecule has 0 aliphatic heterocycles. The highest BCUT2D eigenvalue weighted by Crippen LogP contribution is 2.22. The number of aliphatic imine (C=N–C) groups is 1. The molecule has 0 saturated heterocycles. The van der Waals surface area contributed by atoms with E-state index in [0.717, 1.165) is 5.71 Å². The van der Waals surface area contributed by atoms with Gasteiger partial charge in [0.15, 0.2) is 11.5 Å². The molecule has 6 heteroatoms. The van der Waals surface area contributed by atoms with E-state index in [9.17, 15) is 4.79 Å². The van der Waals surface area contributed by atoms with Gasteiger partial charge in [-0.05, 0) is 39.8 Å². The van der Waals surface area contributed by atoms with Crippen LogP contribution in [0.4, 0.5) is 5.82 Å². The lowest BCUT2D eigenvalue weighted by atomic mass is 10.1. The van der Waals surface area contributed by atoms with E-state index in [1.807, 2.05) is 38.2 Å². The lowest BCUT2D eigenvalue weighted by Crippen LogP contribution is -2.16. The predicted molar refractivity (Wildman–Crippen MR) is 94.8 cm³/mol. The van der Waals surface area contributed by atoms with E-state index in [-0.39, 0.29) is 5.97 Å². The van der Waals surface area contributed by atoms with Gasteiger partial charge in [0.1, 0.15) is 0 Å². The molecule has 0 aliphatic carbocycles. The minimum absolute atomic E-state index is 0.294. The second-order valence-corrected chi connectivity index (χ2v) is 5.15. The van der Waals surface area contributed by atoms with Crippen molar-refractivity contribution in [2.75, 3.05) is 6.61 Å². The lowest BCUT2D eigenvalue weighted by Gasteiger charge is -2.13. The normalized spacial score (nSPS) is 13.9. The molecule has 2 heterocycles. The van der Waals surface area contributed by atoms with Gasteiger partial charge in [0.2, 0.25) is 0 Å². The molecule has 2 rings (SSSR count). The van der Waals surface area contributed by atoms with Gasteiger partial charge in [0.25, 0.3) is 0 Å². The summed E-state index contributed by atoms with van der Waals surface area (Å²) in [4.78, 5) is 21.1. The molecule has 2 aromatic rings. The molecule has 0 radical (unpaired) electrons. The molecule has 1 atom stereocenters. The van der Waals surface area contributed by atoms with Gasteiger partial charge in [0.05, 0.1) is 30.1 Å². The van der Waals surface area contributed by atoms with E-state index in [0.29, 0.717) is 23.8 Å². The molecule has 0 saturated carbocycles. The van der Waals surface area contributed by atoms with Crippen molar-refractivity contribution in [3.63, 3.8) is 0 Å². The van der Waals surface area contributed by atoms with Crippen LogP contribution in [-0.4, -0.2) is 32.9 Å². The monoisotopic (exact) mass is 326 g/mol. The van der Waals surface area contributed by atoms with E-state index in [1.165, 1.54) is 0 Å². The van der Waals surface area contributed by atoms with Crippen LogP contribution in [0.3, 0.4) is 0 Å². The average molecular weight is 326 g/mol. The van der Waals surface area contributed by atoms with Crippen LogP contribution in [0.1, 0.15) is 39.3 Å². The quantitative estimate of drug-likeness (QED) is 0.600. The third-order valence-corrected chi connectivity index (χ3v) is 3.38. The first-order valence-corrected chi connectivity index (χ1v) is 7.96. The fourth-order valence-electron chi connectivity index (χ4n) is 2.28. The van der Waals surface area contributed by atoms with Gasteiger partial charge in [-0.1, -0.05) is 12.2 Å². The number of carbonyl (C=O) groups is 1. The van der Waals surface area contributed by atoms with Gasteiger partial charge in [-0.15, -0.1) is 0 Å². The van der Waals surface area contributed by atoms with Gasteiger partial charge in [0, 0.05) is 12.1 Å². The van der Waals surface area contributed by atoms with Crippen molar-refractivity contribution < 1.29 is 9.53 Å². The van der Waals surface area contributed by atoms with Crippen molar-refractivity contribution >= 4 is 23.1 Å². The number of allylic oxidation sites excluding steroid dienone is 4. The summed E-state index contributed by atoms with van der Waals surface area (Å²) in [5, 5.41) is 4.25. The first kappa shape index (κ1) is 17.6. The highest BCUT2D eigenvalue weighted by molar-refractivity contribution is 6.05. The Kier molecular flexibility index (Phi) is 6.01. The van der Waals surface area contributed by atoms with E-state index >= 15 is 0 Å². The van der Waals surface area contributed by atoms with Gasteiger partial charge in [-0.2, -0.15) is 5.10 Å². The van der Waals surface area contributed by atoms with Crippen molar-refractivity contribution in [2.24, 2.45) is 4.99 Å². The molecular formula is C18H22N4O2. The van der Waals surface area contributed by atoms with Crippen LogP contribution in [0.15, 0.2) is 47.6 Å². The molecule has 24 heavy (non-hydrogen) atoms. The number of hydrogen-bond donors (Lipinski definition) is 0. The Bertz CT molecular complexity index is 788. The first-order chi connectivity index (χ1) is 11.6. The van der Waals surface area contributed by atoms with Crippen LogP contribution in [-0.2, 0) is 9.53 Å². The molecule has 1 unspecified atom stereocenters. The Hall–Kier alpha value is -2.76. The topological polar surface area (TPSA) is 68.8 Å². The van der Waals surface area contributed by atoms with Gasteiger partial charge in [-0.25, -0.2) is 14.5 Å². The van der Waals surface area contributed by atoms with Crippen molar-refractivity contribution in [3.8, 4) is 0 Å². The predicted octanol–water partition coefficient (Wildman–Crippen LogP) is 3.62. The molecule has 2 aromatic heterocycles. The molecule has 0 aliphatic rings. The Labute approximate surface area is 141 Å². The summed E-state index contributed by atoms with van der Waals surface area (Å²) >= 11 is 0.